The second-order valence-electron chi connectivity index (χ2n) is 4.58. The number of aryl methyl sites for hydroxylation is 1. The van der Waals surface area contributed by atoms with E-state index in [1.54, 1.807) is 6.07 Å². The van der Waals surface area contributed by atoms with E-state index in [1.165, 1.54) is 6.07 Å². The number of benzene rings is 1. The highest BCUT2D eigenvalue weighted by atomic mass is 35.5. The van der Waals surface area contributed by atoms with Crippen molar-refractivity contribution in [3.8, 4) is 11.5 Å². The summed E-state index contributed by atoms with van der Waals surface area (Å²) < 4.78 is 9.41. The zero-order valence-corrected chi connectivity index (χ0v) is 13.0. The molecule has 7 heteroatoms. The molecule has 21 heavy (non-hydrogen) atoms. The largest absolute Gasteiger partial charge is 1.00 e. The molecule has 116 valence electrons. The lowest BCUT2D eigenvalue weighted by molar-refractivity contribution is -0.693. The number of halogens is 1. The van der Waals surface area contributed by atoms with Crippen molar-refractivity contribution < 1.29 is 26.8 Å². The smallest absolute Gasteiger partial charge is 0.243 e. The third-order valence-electron chi connectivity index (χ3n) is 2.94. The SMILES string of the molecule is CCOc1cc(NCC[n+]2ccn(C)c2)c(N)cc1O.[Cl-]. The van der Waals surface area contributed by atoms with Gasteiger partial charge in [-0.2, -0.15) is 0 Å². The number of nitrogens with one attached hydrogen (secondary N) is 1. The molecule has 6 nitrogen and oxygen atoms in total. The molecule has 0 fully saturated rings. The molecule has 1 aromatic carbocycles. The average Bonchev–Trinajstić information content (AvgIpc) is 2.81. The molecule has 4 N–H and O–H groups in total. The summed E-state index contributed by atoms with van der Waals surface area (Å²) in [5, 5.41) is 13.0. The Bertz CT molecular complexity index is 586. The van der Waals surface area contributed by atoms with Crippen molar-refractivity contribution in [2.45, 2.75) is 13.5 Å². The molecule has 0 unspecified atom stereocenters. The second-order valence-corrected chi connectivity index (χ2v) is 4.58. The van der Waals surface area contributed by atoms with E-state index in [0.717, 1.165) is 18.8 Å². The van der Waals surface area contributed by atoms with Gasteiger partial charge in [-0.15, -0.1) is 0 Å². The van der Waals surface area contributed by atoms with E-state index in [2.05, 4.69) is 9.88 Å². The van der Waals surface area contributed by atoms with Crippen molar-refractivity contribution in [2.75, 3.05) is 24.2 Å². The van der Waals surface area contributed by atoms with Gasteiger partial charge in [0.1, 0.15) is 18.9 Å². The highest BCUT2D eigenvalue weighted by molar-refractivity contribution is 5.71. The van der Waals surface area contributed by atoms with Crippen LogP contribution in [-0.2, 0) is 13.6 Å². The van der Waals surface area contributed by atoms with E-state index in [-0.39, 0.29) is 18.2 Å². The lowest BCUT2D eigenvalue weighted by atomic mass is 10.2. The molecule has 0 aliphatic rings. The molecule has 0 radical (unpaired) electrons. The number of hydrogen-bond acceptors (Lipinski definition) is 4. The monoisotopic (exact) mass is 312 g/mol. The molecular formula is C14H21ClN4O2. The molecule has 0 aliphatic heterocycles. The lowest BCUT2D eigenvalue weighted by Crippen LogP contribution is -3.00. The number of hydrogen-bond donors (Lipinski definition) is 3. The maximum Gasteiger partial charge on any atom is 0.243 e. The molecule has 0 saturated carbocycles. The van der Waals surface area contributed by atoms with Gasteiger partial charge in [0.2, 0.25) is 6.33 Å². The predicted octanol–water partition coefficient (Wildman–Crippen LogP) is -1.88. The number of nitrogens with zero attached hydrogens (tertiary/aromatic N) is 2. The number of aromatic nitrogens is 2. The van der Waals surface area contributed by atoms with Crippen molar-refractivity contribution in [2.24, 2.45) is 7.05 Å². The quantitative estimate of drug-likeness (QED) is 0.331. The summed E-state index contributed by atoms with van der Waals surface area (Å²) in [5.41, 5.74) is 7.15. The van der Waals surface area contributed by atoms with Gasteiger partial charge in [0, 0.05) is 12.1 Å². The minimum absolute atomic E-state index is 0. The van der Waals surface area contributed by atoms with Crippen molar-refractivity contribution in [1.29, 1.82) is 0 Å². The van der Waals surface area contributed by atoms with E-state index in [1.807, 2.05) is 37.3 Å². The summed E-state index contributed by atoms with van der Waals surface area (Å²) in [6, 6.07) is 3.23. The topological polar surface area (TPSA) is 76.3 Å². The molecule has 2 rings (SSSR count). The third kappa shape index (κ3) is 4.46. The fourth-order valence-electron chi connectivity index (χ4n) is 1.96. The maximum atomic E-state index is 9.71. The number of nitrogens with two attached hydrogens (primary N) is 1. The van der Waals surface area contributed by atoms with Gasteiger partial charge in [-0.05, 0) is 6.92 Å². The minimum atomic E-state index is 0. The number of phenolic OH excluding ortho intramolecular Hbond substituents is 1. The van der Waals surface area contributed by atoms with Crippen LogP contribution in [-0.4, -0.2) is 22.8 Å². The molecule has 0 bridgehead atoms. The van der Waals surface area contributed by atoms with E-state index < -0.39 is 0 Å². The Hall–Kier alpha value is -2.08. The molecule has 0 spiro atoms. The van der Waals surface area contributed by atoms with Crippen molar-refractivity contribution in [3.63, 3.8) is 0 Å². The molecule has 0 aliphatic carbocycles. The predicted molar refractivity (Wildman–Crippen MR) is 77.8 cm³/mol. The summed E-state index contributed by atoms with van der Waals surface area (Å²) in [7, 11) is 1.98. The molecule has 1 heterocycles. The van der Waals surface area contributed by atoms with E-state index in [9.17, 15) is 5.11 Å². The second kappa shape index (κ2) is 7.64. The first-order chi connectivity index (χ1) is 9.60. The first kappa shape index (κ1) is 17.0. The van der Waals surface area contributed by atoms with Gasteiger partial charge in [-0.3, -0.25) is 0 Å². The third-order valence-corrected chi connectivity index (χ3v) is 2.94. The van der Waals surface area contributed by atoms with Gasteiger partial charge in [-0.1, -0.05) is 0 Å². The van der Waals surface area contributed by atoms with E-state index in [4.69, 9.17) is 10.5 Å². The van der Waals surface area contributed by atoms with Gasteiger partial charge in [-0.25, -0.2) is 9.13 Å². The Morgan fingerprint density at radius 1 is 1.43 bits per heavy atom. The van der Waals surface area contributed by atoms with Crippen LogP contribution in [0.5, 0.6) is 11.5 Å². The van der Waals surface area contributed by atoms with Gasteiger partial charge in [0.05, 0.1) is 31.6 Å². The fourth-order valence-corrected chi connectivity index (χ4v) is 1.96. The molecule has 0 saturated heterocycles. The number of nitrogen functional groups attached to an aromatic ring is 1. The zero-order chi connectivity index (χ0) is 14.5. The average molecular weight is 313 g/mol. The van der Waals surface area contributed by atoms with Crippen LogP contribution in [0.25, 0.3) is 0 Å². The molecule has 0 amide bonds. The van der Waals surface area contributed by atoms with Crippen LogP contribution >= 0.6 is 0 Å². The Morgan fingerprint density at radius 3 is 2.81 bits per heavy atom. The summed E-state index contributed by atoms with van der Waals surface area (Å²) in [4.78, 5) is 0. The summed E-state index contributed by atoms with van der Waals surface area (Å²) >= 11 is 0. The lowest BCUT2D eigenvalue weighted by Gasteiger charge is -2.12. The van der Waals surface area contributed by atoms with Crippen molar-refractivity contribution >= 4 is 11.4 Å². The highest BCUT2D eigenvalue weighted by Crippen LogP contribution is 2.34. The Kier molecular flexibility index (Phi) is 6.17. The van der Waals surface area contributed by atoms with Crippen LogP contribution < -0.4 is 32.8 Å². The van der Waals surface area contributed by atoms with Crippen molar-refractivity contribution in [3.05, 3.63) is 30.9 Å². The highest BCUT2D eigenvalue weighted by Gasteiger charge is 2.08. The number of ether oxygens (including phenoxy) is 1. The van der Waals surface area contributed by atoms with Gasteiger partial charge < -0.3 is 33.3 Å². The number of phenols is 1. The van der Waals surface area contributed by atoms with Gasteiger partial charge in [0.25, 0.3) is 0 Å². The van der Waals surface area contributed by atoms with Crippen LogP contribution in [0.1, 0.15) is 6.92 Å². The van der Waals surface area contributed by atoms with Crippen LogP contribution in [0.2, 0.25) is 0 Å². The van der Waals surface area contributed by atoms with Crippen LogP contribution in [0.15, 0.2) is 30.9 Å². The molecule has 2 aromatic rings. The standard InChI is InChI=1S/C14H20N4O2.ClH/c1-3-20-14-9-12(11(15)8-13(14)19)16-4-5-18-7-6-17(2)10-18;/h6-10,16H,3-5,15H2,1-2H3;1H. The first-order valence-corrected chi connectivity index (χ1v) is 6.60. The zero-order valence-electron chi connectivity index (χ0n) is 12.2. The molecule has 0 atom stereocenters. The Morgan fingerprint density at radius 2 is 2.19 bits per heavy atom. The van der Waals surface area contributed by atoms with E-state index in [0.29, 0.717) is 18.0 Å². The summed E-state index contributed by atoms with van der Waals surface area (Å²) in [5.74, 6) is 0.504. The maximum absolute atomic E-state index is 9.71. The number of imidazole rings is 1. The van der Waals surface area contributed by atoms with E-state index >= 15 is 0 Å². The Labute approximate surface area is 130 Å². The molecular weight excluding hydrogens is 292 g/mol. The van der Waals surface area contributed by atoms with Crippen molar-refractivity contribution in [1.82, 2.24) is 4.57 Å². The van der Waals surface area contributed by atoms with Gasteiger partial charge >= 0.3 is 0 Å². The Balaban J connectivity index is 0.00000220. The number of aromatic hydroxyl groups is 1. The van der Waals surface area contributed by atoms with Gasteiger partial charge in [0.15, 0.2) is 11.5 Å². The minimum Gasteiger partial charge on any atom is -1.00 e. The number of anilines is 2. The van der Waals surface area contributed by atoms with Crippen LogP contribution in [0.4, 0.5) is 11.4 Å². The van der Waals surface area contributed by atoms with Crippen LogP contribution in [0, 0.1) is 0 Å². The number of rotatable bonds is 6. The first-order valence-electron chi connectivity index (χ1n) is 6.60. The normalized spacial score (nSPS) is 10.0. The van der Waals surface area contributed by atoms with Crippen LogP contribution in [0.3, 0.4) is 0 Å². The summed E-state index contributed by atoms with van der Waals surface area (Å²) in [6.45, 7) is 3.92. The summed E-state index contributed by atoms with van der Waals surface area (Å²) in [6.07, 6.45) is 6.00. The fraction of sp³-hybridized carbons (Fsp3) is 0.357. The molecule has 1 aromatic heterocycles.